The van der Waals surface area contributed by atoms with Gasteiger partial charge in [0.25, 0.3) is 0 Å². The van der Waals surface area contributed by atoms with Gasteiger partial charge in [0.2, 0.25) is 0 Å². The minimum atomic E-state index is -4.23. The second-order valence-corrected chi connectivity index (χ2v) is 10.2. The van der Waals surface area contributed by atoms with E-state index in [9.17, 15) is 18.3 Å². The summed E-state index contributed by atoms with van der Waals surface area (Å²) in [6, 6.07) is 0. The van der Waals surface area contributed by atoms with Crippen LogP contribution in [0.2, 0.25) is 0 Å². The van der Waals surface area contributed by atoms with Gasteiger partial charge in [-0.2, -0.15) is 8.42 Å². The van der Waals surface area contributed by atoms with Crippen LogP contribution >= 0.6 is 0 Å². The van der Waals surface area contributed by atoms with Crippen LogP contribution < -0.4 is 0 Å². The topological polar surface area (TPSA) is 89.9 Å². The van der Waals surface area contributed by atoms with Crippen molar-refractivity contribution >= 4 is 45.9 Å². The van der Waals surface area contributed by atoms with Gasteiger partial charge in [0.1, 0.15) is 0 Å². The predicted molar refractivity (Wildman–Crippen MR) is 142 cm³/mol. The quantitative estimate of drug-likeness (QED) is 0.0897. The number of unbranched alkanes of at least 4 members (excludes halogenated alkanes) is 13. The molecule has 8 heteroatoms. The molecule has 1 atom stereocenters. The summed E-state index contributed by atoms with van der Waals surface area (Å²) in [5, 5.41) is 9.92. The third kappa shape index (κ3) is 26.7. The standard InChI is InChI=1S/C26H50O6S.Na.H/c1-3-5-7-9-16-20-24-31-33(29,30)32-26(28)23-19-15-13-11-10-12-14-18-22-25(27)21-17-8-6-4-2;;/h14,18,25,27H,3-13,15-17,19-24H2,1-2H3;;/b18-14-;;/t25-;;/m1../s1. The van der Waals surface area contributed by atoms with Crippen molar-refractivity contribution in [2.45, 2.75) is 142 Å². The Morgan fingerprint density at radius 1 is 0.794 bits per heavy atom. The van der Waals surface area contributed by atoms with Crippen LogP contribution in [0.4, 0.5) is 0 Å². The molecule has 0 aliphatic rings. The summed E-state index contributed by atoms with van der Waals surface area (Å²) in [7, 11) is -4.23. The van der Waals surface area contributed by atoms with Crippen molar-refractivity contribution in [3.63, 3.8) is 0 Å². The second kappa shape index (κ2) is 26.2. The fourth-order valence-electron chi connectivity index (χ4n) is 3.58. The molecule has 1 N–H and O–H groups in total. The van der Waals surface area contributed by atoms with Crippen LogP contribution in [0.15, 0.2) is 12.2 Å². The Hall–Kier alpha value is 0.0800. The summed E-state index contributed by atoms with van der Waals surface area (Å²) in [5.41, 5.74) is 0. The van der Waals surface area contributed by atoms with Crippen molar-refractivity contribution in [3.05, 3.63) is 12.2 Å². The Kier molecular flexibility index (Phi) is 27.9. The minimum absolute atomic E-state index is 0. The predicted octanol–water partition coefficient (Wildman–Crippen LogP) is 6.51. The van der Waals surface area contributed by atoms with Gasteiger partial charge < -0.3 is 9.29 Å². The van der Waals surface area contributed by atoms with Crippen molar-refractivity contribution < 1.29 is 26.7 Å². The molecule has 0 saturated heterocycles. The summed E-state index contributed by atoms with van der Waals surface area (Å²) in [6.07, 6.45) is 22.3. The molecular formula is C26H51NaO6S. The van der Waals surface area contributed by atoms with Gasteiger partial charge in [0.05, 0.1) is 12.7 Å². The molecule has 0 aromatic heterocycles. The number of hydrogen-bond donors (Lipinski definition) is 1. The first-order chi connectivity index (χ1) is 15.9. The summed E-state index contributed by atoms with van der Waals surface area (Å²) in [6.45, 7) is 4.40. The molecule has 0 aromatic rings. The Morgan fingerprint density at radius 2 is 1.35 bits per heavy atom. The zero-order valence-electron chi connectivity index (χ0n) is 21.3. The molecule has 0 aliphatic heterocycles. The van der Waals surface area contributed by atoms with Gasteiger partial charge in [-0.1, -0.05) is 103 Å². The third-order valence-electron chi connectivity index (χ3n) is 5.64. The van der Waals surface area contributed by atoms with Crippen LogP contribution in [0.3, 0.4) is 0 Å². The number of hydrogen-bond acceptors (Lipinski definition) is 6. The van der Waals surface area contributed by atoms with Crippen molar-refractivity contribution in [2.75, 3.05) is 6.61 Å². The Labute approximate surface area is 232 Å². The zero-order chi connectivity index (χ0) is 24.6. The van der Waals surface area contributed by atoms with Crippen LogP contribution in [0, 0.1) is 0 Å². The van der Waals surface area contributed by atoms with E-state index in [1.807, 2.05) is 0 Å². The van der Waals surface area contributed by atoms with Gasteiger partial charge in [0, 0.05) is 6.42 Å². The number of rotatable bonds is 24. The van der Waals surface area contributed by atoms with Crippen molar-refractivity contribution in [1.82, 2.24) is 0 Å². The van der Waals surface area contributed by atoms with Crippen molar-refractivity contribution in [3.8, 4) is 0 Å². The average molecular weight is 515 g/mol. The normalized spacial score (nSPS) is 12.6. The van der Waals surface area contributed by atoms with E-state index in [2.05, 4.69) is 30.2 Å². The monoisotopic (exact) mass is 514 g/mol. The van der Waals surface area contributed by atoms with E-state index < -0.39 is 16.4 Å². The molecule has 0 unspecified atom stereocenters. The van der Waals surface area contributed by atoms with E-state index in [0.717, 1.165) is 70.6 Å². The van der Waals surface area contributed by atoms with Gasteiger partial charge in [-0.05, 0) is 38.5 Å². The van der Waals surface area contributed by atoms with Gasteiger partial charge in [-0.25, -0.2) is 4.18 Å². The van der Waals surface area contributed by atoms with E-state index in [0.29, 0.717) is 12.8 Å². The van der Waals surface area contributed by atoms with Crippen LogP contribution in [0.1, 0.15) is 136 Å². The second-order valence-electron chi connectivity index (χ2n) is 8.97. The number of aliphatic hydroxyl groups is 1. The third-order valence-corrected chi connectivity index (χ3v) is 6.48. The molecule has 0 radical (unpaired) electrons. The molecule has 0 rings (SSSR count). The van der Waals surface area contributed by atoms with E-state index >= 15 is 0 Å². The van der Waals surface area contributed by atoms with Crippen molar-refractivity contribution in [2.24, 2.45) is 0 Å². The molecular weight excluding hydrogens is 463 g/mol. The van der Waals surface area contributed by atoms with Crippen LogP contribution in [0.5, 0.6) is 0 Å². The number of carbonyl (C=O) groups excluding carboxylic acids is 1. The summed E-state index contributed by atoms with van der Waals surface area (Å²) < 4.78 is 32.6. The first-order valence-corrected chi connectivity index (χ1v) is 14.7. The summed E-state index contributed by atoms with van der Waals surface area (Å²) in [4.78, 5) is 11.7. The molecule has 0 saturated carbocycles. The fraction of sp³-hybridized carbons (Fsp3) is 0.885. The molecule has 0 amide bonds. The van der Waals surface area contributed by atoms with E-state index in [1.165, 1.54) is 32.1 Å². The molecule has 0 spiro atoms. The van der Waals surface area contributed by atoms with E-state index in [1.54, 1.807) is 0 Å². The first kappa shape index (κ1) is 36.2. The Balaban J connectivity index is 0. The van der Waals surface area contributed by atoms with Gasteiger partial charge in [-0.3, -0.25) is 4.79 Å². The molecule has 6 nitrogen and oxygen atoms in total. The SMILES string of the molecule is CCCCCCCCOS(=O)(=O)OC(=O)CCCCCCC/C=C\C[C@H](O)CCCCCC.[NaH]. The van der Waals surface area contributed by atoms with Crippen LogP contribution in [-0.4, -0.2) is 61.8 Å². The molecule has 0 bridgehead atoms. The Morgan fingerprint density at radius 3 is 2.03 bits per heavy atom. The average Bonchev–Trinajstić information content (AvgIpc) is 2.77. The molecule has 0 aliphatic carbocycles. The van der Waals surface area contributed by atoms with Gasteiger partial charge >= 0.3 is 45.9 Å². The van der Waals surface area contributed by atoms with Gasteiger partial charge in [-0.15, -0.1) is 0 Å². The summed E-state index contributed by atoms with van der Waals surface area (Å²) >= 11 is 0. The first-order valence-electron chi connectivity index (χ1n) is 13.4. The fourth-order valence-corrected chi connectivity index (χ4v) is 4.26. The molecule has 0 fully saturated rings. The molecule has 198 valence electrons. The van der Waals surface area contributed by atoms with Crippen LogP contribution in [-0.2, 0) is 23.6 Å². The van der Waals surface area contributed by atoms with E-state index in [-0.39, 0.29) is 48.7 Å². The molecule has 0 heterocycles. The van der Waals surface area contributed by atoms with Gasteiger partial charge in [0.15, 0.2) is 0 Å². The van der Waals surface area contributed by atoms with Crippen molar-refractivity contribution in [1.29, 1.82) is 0 Å². The maximum absolute atomic E-state index is 11.7. The summed E-state index contributed by atoms with van der Waals surface area (Å²) in [5.74, 6) is -0.742. The Bertz CT molecular complexity index is 580. The maximum atomic E-state index is 11.7. The van der Waals surface area contributed by atoms with E-state index in [4.69, 9.17) is 4.18 Å². The number of carbonyl (C=O) groups is 1. The number of allylic oxidation sites excluding steroid dienone is 1. The number of aliphatic hydroxyl groups excluding tert-OH is 1. The zero-order valence-corrected chi connectivity index (χ0v) is 22.1. The van der Waals surface area contributed by atoms with Crippen LogP contribution in [0.25, 0.3) is 0 Å². The molecule has 34 heavy (non-hydrogen) atoms. The molecule has 0 aromatic carbocycles.